The normalized spacial score (nSPS) is 12.6. The van der Waals surface area contributed by atoms with Crippen molar-refractivity contribution in [1.82, 2.24) is 15.1 Å². The predicted octanol–water partition coefficient (Wildman–Crippen LogP) is 3.67. The number of benzene rings is 1. The Balaban J connectivity index is 2.19. The van der Waals surface area contributed by atoms with Gasteiger partial charge in [-0.25, -0.2) is 0 Å². The zero-order valence-electron chi connectivity index (χ0n) is 12.4. The molecular formula is C16H22ClN3. The Morgan fingerprint density at radius 3 is 2.80 bits per heavy atom. The first-order chi connectivity index (χ1) is 9.60. The molecule has 2 rings (SSSR count). The Hall–Kier alpha value is -1.32. The summed E-state index contributed by atoms with van der Waals surface area (Å²) >= 11 is 6.12. The summed E-state index contributed by atoms with van der Waals surface area (Å²) in [5.74, 6) is 0. The zero-order chi connectivity index (χ0) is 14.5. The zero-order valence-corrected chi connectivity index (χ0v) is 13.1. The van der Waals surface area contributed by atoms with Gasteiger partial charge < -0.3 is 5.32 Å². The number of rotatable bonds is 6. The van der Waals surface area contributed by atoms with E-state index in [1.807, 2.05) is 30.9 Å². The van der Waals surface area contributed by atoms with Gasteiger partial charge >= 0.3 is 0 Å². The summed E-state index contributed by atoms with van der Waals surface area (Å²) in [6, 6.07) is 6.57. The summed E-state index contributed by atoms with van der Waals surface area (Å²) in [5, 5.41) is 8.68. The highest BCUT2D eigenvalue weighted by Crippen LogP contribution is 2.23. The molecule has 0 radical (unpaired) electrons. The molecule has 108 valence electrons. The third-order valence-corrected chi connectivity index (χ3v) is 3.85. The van der Waals surface area contributed by atoms with Crippen LogP contribution in [0.1, 0.15) is 36.1 Å². The maximum absolute atomic E-state index is 6.12. The molecule has 1 atom stereocenters. The molecule has 0 aliphatic carbocycles. The van der Waals surface area contributed by atoms with Gasteiger partial charge in [0.25, 0.3) is 0 Å². The molecular weight excluding hydrogens is 270 g/mol. The Morgan fingerprint density at radius 2 is 2.20 bits per heavy atom. The molecule has 0 fully saturated rings. The molecule has 4 heteroatoms. The third-order valence-electron chi connectivity index (χ3n) is 3.42. The van der Waals surface area contributed by atoms with E-state index in [-0.39, 0.29) is 0 Å². The summed E-state index contributed by atoms with van der Waals surface area (Å²) in [5.41, 5.74) is 3.65. The fourth-order valence-corrected chi connectivity index (χ4v) is 2.44. The van der Waals surface area contributed by atoms with Crippen molar-refractivity contribution in [2.75, 3.05) is 6.54 Å². The molecule has 0 aliphatic rings. The second-order valence-electron chi connectivity index (χ2n) is 5.24. The van der Waals surface area contributed by atoms with Gasteiger partial charge in [0.2, 0.25) is 0 Å². The quantitative estimate of drug-likeness (QED) is 0.880. The first-order valence-corrected chi connectivity index (χ1v) is 7.45. The summed E-state index contributed by atoms with van der Waals surface area (Å²) in [4.78, 5) is 0. The highest BCUT2D eigenvalue weighted by atomic mass is 35.5. The van der Waals surface area contributed by atoms with Crippen LogP contribution in [0.5, 0.6) is 0 Å². The topological polar surface area (TPSA) is 29.9 Å². The number of halogens is 1. The van der Waals surface area contributed by atoms with Crippen molar-refractivity contribution >= 4 is 11.6 Å². The highest BCUT2D eigenvalue weighted by molar-refractivity contribution is 6.31. The molecule has 0 aliphatic heterocycles. The lowest BCUT2D eigenvalue weighted by molar-refractivity contribution is 0.529. The van der Waals surface area contributed by atoms with Crippen molar-refractivity contribution < 1.29 is 0 Å². The lowest BCUT2D eigenvalue weighted by Crippen LogP contribution is -2.24. The molecule has 1 aromatic carbocycles. The fourth-order valence-electron chi connectivity index (χ4n) is 2.32. The van der Waals surface area contributed by atoms with Crippen LogP contribution in [-0.4, -0.2) is 16.3 Å². The van der Waals surface area contributed by atoms with Crippen LogP contribution in [-0.2, 0) is 13.5 Å². The van der Waals surface area contributed by atoms with Gasteiger partial charge in [-0.2, -0.15) is 5.10 Å². The van der Waals surface area contributed by atoms with E-state index in [0.29, 0.717) is 6.04 Å². The van der Waals surface area contributed by atoms with Gasteiger partial charge in [-0.05, 0) is 49.1 Å². The standard InChI is InChI=1S/C16H22ClN3/c1-4-7-18-16(9-13-10-19-20(3)11-13)14-5-6-15(17)12(2)8-14/h5-6,8,10-11,16,18H,4,7,9H2,1-3H3. The lowest BCUT2D eigenvalue weighted by atomic mass is 9.99. The van der Waals surface area contributed by atoms with E-state index in [2.05, 4.69) is 35.7 Å². The Kier molecular flexibility index (Phi) is 5.21. The first kappa shape index (κ1) is 15.1. The smallest absolute Gasteiger partial charge is 0.0522 e. The van der Waals surface area contributed by atoms with Gasteiger partial charge in [0.05, 0.1) is 6.20 Å². The summed E-state index contributed by atoms with van der Waals surface area (Å²) in [6.07, 6.45) is 6.07. The van der Waals surface area contributed by atoms with Crippen LogP contribution in [0.3, 0.4) is 0 Å². The van der Waals surface area contributed by atoms with E-state index in [1.165, 1.54) is 11.1 Å². The first-order valence-electron chi connectivity index (χ1n) is 7.07. The summed E-state index contributed by atoms with van der Waals surface area (Å²) < 4.78 is 1.85. The van der Waals surface area contributed by atoms with E-state index in [4.69, 9.17) is 11.6 Å². The van der Waals surface area contributed by atoms with Crippen molar-refractivity contribution in [3.63, 3.8) is 0 Å². The van der Waals surface area contributed by atoms with Crippen LogP contribution in [0.25, 0.3) is 0 Å². The van der Waals surface area contributed by atoms with Gasteiger partial charge in [0, 0.05) is 24.3 Å². The van der Waals surface area contributed by atoms with Crippen molar-refractivity contribution in [3.8, 4) is 0 Å². The Labute approximate surface area is 126 Å². The van der Waals surface area contributed by atoms with Crippen LogP contribution < -0.4 is 5.32 Å². The maximum Gasteiger partial charge on any atom is 0.0522 e. The molecule has 2 aromatic rings. The minimum absolute atomic E-state index is 0.301. The van der Waals surface area contributed by atoms with Crippen molar-refractivity contribution in [2.24, 2.45) is 7.05 Å². The molecule has 3 nitrogen and oxygen atoms in total. The molecule has 0 saturated carbocycles. The van der Waals surface area contributed by atoms with Crippen molar-refractivity contribution in [3.05, 3.63) is 52.3 Å². The van der Waals surface area contributed by atoms with Gasteiger partial charge in [-0.1, -0.05) is 30.7 Å². The Morgan fingerprint density at radius 1 is 1.40 bits per heavy atom. The number of nitrogens with one attached hydrogen (secondary N) is 1. The van der Waals surface area contributed by atoms with Gasteiger partial charge in [0.1, 0.15) is 0 Å². The second kappa shape index (κ2) is 6.91. The van der Waals surface area contributed by atoms with E-state index in [0.717, 1.165) is 30.0 Å². The Bertz CT molecular complexity index is 563. The van der Waals surface area contributed by atoms with Gasteiger partial charge in [-0.15, -0.1) is 0 Å². The number of aromatic nitrogens is 2. The minimum Gasteiger partial charge on any atom is -0.310 e. The molecule has 1 aromatic heterocycles. The molecule has 1 unspecified atom stereocenters. The third kappa shape index (κ3) is 3.84. The predicted molar refractivity (Wildman–Crippen MR) is 84.1 cm³/mol. The average Bonchev–Trinajstić information content (AvgIpc) is 2.83. The van der Waals surface area contributed by atoms with Crippen molar-refractivity contribution in [1.29, 1.82) is 0 Å². The molecule has 0 saturated heterocycles. The fraction of sp³-hybridized carbons (Fsp3) is 0.438. The largest absolute Gasteiger partial charge is 0.310 e. The van der Waals surface area contributed by atoms with Crippen LogP contribution in [0.15, 0.2) is 30.6 Å². The van der Waals surface area contributed by atoms with Gasteiger partial charge in [-0.3, -0.25) is 4.68 Å². The van der Waals surface area contributed by atoms with Crippen LogP contribution in [0, 0.1) is 6.92 Å². The van der Waals surface area contributed by atoms with E-state index >= 15 is 0 Å². The monoisotopic (exact) mass is 291 g/mol. The number of aryl methyl sites for hydroxylation is 2. The summed E-state index contributed by atoms with van der Waals surface area (Å²) in [7, 11) is 1.95. The number of nitrogens with zero attached hydrogens (tertiary/aromatic N) is 2. The van der Waals surface area contributed by atoms with Gasteiger partial charge in [0.15, 0.2) is 0 Å². The molecule has 20 heavy (non-hydrogen) atoms. The highest BCUT2D eigenvalue weighted by Gasteiger charge is 2.13. The number of hydrogen-bond acceptors (Lipinski definition) is 2. The van der Waals surface area contributed by atoms with Crippen LogP contribution >= 0.6 is 11.6 Å². The molecule has 0 spiro atoms. The van der Waals surface area contributed by atoms with E-state index in [9.17, 15) is 0 Å². The minimum atomic E-state index is 0.301. The van der Waals surface area contributed by atoms with Crippen molar-refractivity contribution in [2.45, 2.75) is 32.7 Å². The molecule has 1 heterocycles. The summed E-state index contributed by atoms with van der Waals surface area (Å²) in [6.45, 7) is 5.24. The SMILES string of the molecule is CCCNC(Cc1cnn(C)c1)c1ccc(Cl)c(C)c1. The molecule has 1 N–H and O–H groups in total. The second-order valence-corrected chi connectivity index (χ2v) is 5.65. The van der Waals surface area contributed by atoms with E-state index in [1.54, 1.807) is 0 Å². The van der Waals surface area contributed by atoms with Crippen LogP contribution in [0.2, 0.25) is 5.02 Å². The van der Waals surface area contributed by atoms with E-state index < -0.39 is 0 Å². The molecule has 0 amide bonds. The average molecular weight is 292 g/mol. The van der Waals surface area contributed by atoms with Crippen LogP contribution in [0.4, 0.5) is 0 Å². The number of hydrogen-bond donors (Lipinski definition) is 1. The lowest BCUT2D eigenvalue weighted by Gasteiger charge is -2.19. The maximum atomic E-state index is 6.12. The molecule has 0 bridgehead atoms.